The molecule has 0 radical (unpaired) electrons. The van der Waals surface area contributed by atoms with E-state index in [-0.39, 0.29) is 45.5 Å². The molecule has 0 saturated carbocycles. The van der Waals surface area contributed by atoms with Gasteiger partial charge in [0, 0.05) is 40.8 Å². The van der Waals surface area contributed by atoms with E-state index in [2.05, 4.69) is 20.7 Å². The van der Waals surface area contributed by atoms with Crippen molar-refractivity contribution in [3.8, 4) is 17.2 Å². The highest BCUT2D eigenvalue weighted by atomic mass is 79.9. The predicted octanol–water partition coefficient (Wildman–Crippen LogP) is 2.94. The van der Waals surface area contributed by atoms with Gasteiger partial charge in [-0.05, 0) is 34.7 Å². The predicted molar refractivity (Wildman–Crippen MR) is 130 cm³/mol. The molecule has 11 heteroatoms. The molecule has 0 bridgehead atoms. The van der Waals surface area contributed by atoms with Crippen LogP contribution in [0.25, 0.3) is 0 Å². The number of rotatable bonds is 3. The Hall–Kier alpha value is -3.73. The second-order valence-corrected chi connectivity index (χ2v) is 9.99. The van der Waals surface area contributed by atoms with E-state index in [1.165, 1.54) is 26.4 Å². The fourth-order valence-corrected chi connectivity index (χ4v) is 6.42. The smallest absolute Gasteiger partial charge is 0.423 e. The molecule has 1 fully saturated rings. The number of methoxy groups -OCH3 is 3. The van der Waals surface area contributed by atoms with Crippen LogP contribution in [0.15, 0.2) is 45.5 Å². The van der Waals surface area contributed by atoms with Crippen molar-refractivity contribution in [1.29, 1.82) is 0 Å². The quantitative estimate of drug-likeness (QED) is 0.329. The molecule has 0 unspecified atom stereocenters. The molecule has 1 aromatic carbocycles. The van der Waals surface area contributed by atoms with Crippen LogP contribution in [-0.4, -0.2) is 60.8 Å². The van der Waals surface area contributed by atoms with Gasteiger partial charge in [0.25, 0.3) is 0 Å². The van der Waals surface area contributed by atoms with E-state index >= 15 is 0 Å². The number of carbonyl (C=O) groups excluding carboxylic acids is 5. The van der Waals surface area contributed by atoms with E-state index in [1.807, 2.05) is 0 Å². The number of aromatic hydroxyl groups is 1. The molecule has 10 nitrogen and oxygen atoms in total. The van der Waals surface area contributed by atoms with E-state index in [0.717, 1.165) is 7.11 Å². The number of ether oxygens (including phenoxy) is 3. The van der Waals surface area contributed by atoms with Crippen LogP contribution >= 0.6 is 15.9 Å². The normalized spacial score (nSPS) is 26.8. The first kappa shape index (κ1) is 24.9. The number of likely N-dealkylation sites (tertiary alicyclic amines) is 1. The van der Waals surface area contributed by atoms with Crippen molar-refractivity contribution in [3.63, 3.8) is 0 Å². The molecule has 3 aliphatic carbocycles. The van der Waals surface area contributed by atoms with Gasteiger partial charge in [-0.15, -0.1) is 0 Å². The number of amides is 3. The molecule has 4 atom stereocenters. The number of hydrogen-bond donors (Lipinski definition) is 1. The Labute approximate surface area is 219 Å². The Kier molecular flexibility index (Phi) is 6.06. The summed E-state index contributed by atoms with van der Waals surface area (Å²) >= 11 is 3.16. The Balaban J connectivity index is 1.73. The van der Waals surface area contributed by atoms with Gasteiger partial charge in [-0.25, -0.2) is 4.79 Å². The van der Waals surface area contributed by atoms with Gasteiger partial charge in [-0.1, -0.05) is 11.6 Å². The second-order valence-electron chi connectivity index (χ2n) is 9.14. The van der Waals surface area contributed by atoms with Crippen molar-refractivity contribution in [2.45, 2.75) is 18.8 Å². The van der Waals surface area contributed by atoms with Gasteiger partial charge in [0.2, 0.25) is 11.8 Å². The van der Waals surface area contributed by atoms with Crippen LogP contribution in [0.2, 0.25) is 0 Å². The summed E-state index contributed by atoms with van der Waals surface area (Å²) in [5.74, 6) is -5.28. The molecule has 3 amide bonds. The monoisotopic (exact) mass is 571 g/mol. The molecule has 5 rings (SSSR count). The summed E-state index contributed by atoms with van der Waals surface area (Å²) in [7, 11) is 3.91. The van der Waals surface area contributed by atoms with Gasteiger partial charge in [-0.3, -0.25) is 19.2 Å². The number of ketones is 2. The summed E-state index contributed by atoms with van der Waals surface area (Å²) < 4.78 is 15.5. The molecule has 0 spiro atoms. The zero-order chi connectivity index (χ0) is 26.8. The van der Waals surface area contributed by atoms with Gasteiger partial charge in [-0.2, -0.15) is 4.90 Å². The van der Waals surface area contributed by atoms with E-state index in [4.69, 9.17) is 9.47 Å². The average Bonchev–Trinajstić information content (AvgIpc) is 3.15. The SMILES string of the molecule is COC(=O)N1C(=O)[C@H]2[C@H](CC=C3[C@H](c4c(O)cc(OC)cc4OC)C4=C(C[C@H]32)C(=O)C(Br)=CC4=O)C1=O. The summed E-state index contributed by atoms with van der Waals surface area (Å²) in [5.41, 5.74) is 1.19. The number of imide groups is 3. The first-order valence-electron chi connectivity index (χ1n) is 11.4. The first-order chi connectivity index (χ1) is 17.6. The summed E-state index contributed by atoms with van der Waals surface area (Å²) in [6, 6.07) is 2.92. The number of allylic oxidation sites excluding steroid dienone is 6. The minimum Gasteiger partial charge on any atom is -0.507 e. The third kappa shape index (κ3) is 3.55. The number of nitrogens with zero attached hydrogens (tertiary/aromatic N) is 1. The lowest BCUT2D eigenvalue weighted by atomic mass is 9.59. The largest absolute Gasteiger partial charge is 0.507 e. The van der Waals surface area contributed by atoms with E-state index in [0.29, 0.717) is 16.2 Å². The number of hydrogen-bond acceptors (Lipinski definition) is 9. The molecule has 37 heavy (non-hydrogen) atoms. The van der Waals surface area contributed by atoms with E-state index in [1.54, 1.807) is 12.1 Å². The Morgan fingerprint density at radius 1 is 1.05 bits per heavy atom. The molecular formula is C26H22BrNO9. The number of phenolic OH excluding ortho intramolecular Hbond substituents is 1. The Bertz CT molecular complexity index is 1390. The van der Waals surface area contributed by atoms with Crippen LogP contribution < -0.4 is 9.47 Å². The molecule has 1 aromatic rings. The minimum atomic E-state index is -1.07. The highest BCUT2D eigenvalue weighted by Crippen LogP contribution is 2.58. The average molecular weight is 572 g/mol. The van der Waals surface area contributed by atoms with Gasteiger partial charge < -0.3 is 19.3 Å². The Morgan fingerprint density at radius 3 is 2.43 bits per heavy atom. The minimum absolute atomic E-state index is 0.0135. The third-order valence-corrected chi connectivity index (χ3v) is 8.12. The molecule has 1 heterocycles. The van der Waals surface area contributed by atoms with Gasteiger partial charge in [0.15, 0.2) is 11.6 Å². The van der Waals surface area contributed by atoms with Crippen molar-refractivity contribution >= 4 is 45.4 Å². The van der Waals surface area contributed by atoms with Crippen molar-refractivity contribution in [2.75, 3.05) is 21.3 Å². The maximum absolute atomic E-state index is 13.4. The number of Topliss-reactive ketones (excluding diaryl/α,β-unsaturated/α-hetero) is 1. The first-order valence-corrected chi connectivity index (χ1v) is 12.2. The van der Waals surface area contributed by atoms with Crippen LogP contribution in [-0.2, 0) is 23.9 Å². The number of phenols is 1. The van der Waals surface area contributed by atoms with Crippen molar-refractivity contribution in [1.82, 2.24) is 4.90 Å². The zero-order valence-corrected chi connectivity index (χ0v) is 21.7. The fraction of sp³-hybridized carbons (Fsp3) is 0.346. The van der Waals surface area contributed by atoms with Crippen molar-refractivity contribution < 1.29 is 43.3 Å². The van der Waals surface area contributed by atoms with E-state index < -0.39 is 53.1 Å². The zero-order valence-electron chi connectivity index (χ0n) is 20.1. The highest BCUT2D eigenvalue weighted by molar-refractivity contribution is 9.12. The molecule has 4 aliphatic rings. The Morgan fingerprint density at radius 2 is 1.78 bits per heavy atom. The summed E-state index contributed by atoms with van der Waals surface area (Å²) in [5, 5.41) is 11.1. The van der Waals surface area contributed by atoms with Crippen LogP contribution in [0, 0.1) is 17.8 Å². The van der Waals surface area contributed by atoms with Gasteiger partial charge in [0.1, 0.15) is 17.2 Å². The molecule has 1 saturated heterocycles. The second kappa shape index (κ2) is 8.98. The maximum Gasteiger partial charge on any atom is 0.423 e. The lowest BCUT2D eigenvalue weighted by Gasteiger charge is -2.42. The maximum atomic E-state index is 13.4. The van der Waals surface area contributed by atoms with Crippen molar-refractivity contribution in [2.24, 2.45) is 17.8 Å². The van der Waals surface area contributed by atoms with Crippen LogP contribution in [0.4, 0.5) is 4.79 Å². The van der Waals surface area contributed by atoms with Crippen molar-refractivity contribution in [3.05, 3.63) is 51.0 Å². The lowest BCUT2D eigenvalue weighted by Crippen LogP contribution is -2.40. The standard InChI is InChI=1S/C26H22BrNO9/c1-35-10-6-16(29)22(18(7-10)36-2)21-11-4-5-12-19(25(33)28(24(12)32)26(34)37-3)13(11)8-14-20(21)17(30)9-15(27)23(14)31/h4,6-7,9,12-13,19,21,29H,5,8H2,1-3H3/t12-,13+,19-,21-/m0/s1. The van der Waals surface area contributed by atoms with Gasteiger partial charge >= 0.3 is 6.09 Å². The summed E-state index contributed by atoms with van der Waals surface area (Å²) in [6.07, 6.45) is 2.04. The number of fused-ring (bicyclic) bond motifs is 3. The van der Waals surface area contributed by atoms with Crippen LogP contribution in [0.3, 0.4) is 0 Å². The van der Waals surface area contributed by atoms with Crippen LogP contribution in [0.1, 0.15) is 24.3 Å². The molecule has 192 valence electrons. The number of carbonyl (C=O) groups is 5. The topological polar surface area (TPSA) is 137 Å². The molecule has 0 aromatic heterocycles. The third-order valence-electron chi connectivity index (χ3n) is 7.53. The number of benzene rings is 1. The summed E-state index contributed by atoms with van der Waals surface area (Å²) in [6.45, 7) is 0. The van der Waals surface area contributed by atoms with E-state index in [9.17, 15) is 29.1 Å². The van der Waals surface area contributed by atoms with Crippen LogP contribution in [0.5, 0.6) is 17.2 Å². The highest BCUT2D eigenvalue weighted by Gasteiger charge is 2.58. The summed E-state index contributed by atoms with van der Waals surface area (Å²) in [4.78, 5) is 65.7. The lowest BCUT2D eigenvalue weighted by molar-refractivity contribution is -0.137. The number of halogens is 1. The van der Waals surface area contributed by atoms with Gasteiger partial charge in [0.05, 0.1) is 37.6 Å². The molecule has 1 N–H and O–H groups in total. The molecular weight excluding hydrogens is 550 g/mol. The fourth-order valence-electron chi connectivity index (χ4n) is 5.97. The molecule has 1 aliphatic heterocycles.